The zero-order valence-electron chi connectivity index (χ0n) is 9.53. The van der Waals surface area contributed by atoms with Gasteiger partial charge >= 0.3 is 0 Å². The molecule has 2 nitrogen and oxygen atoms in total. The van der Waals surface area contributed by atoms with Gasteiger partial charge in [-0.05, 0) is 49.8 Å². The molecule has 88 valence electrons. The average molecular weight is 229 g/mol. The Bertz CT molecular complexity index is 174. The molecule has 15 heavy (non-hydrogen) atoms. The molecular formula is C12H23NOS. The maximum Gasteiger partial charge on any atom is 0.0703 e. The van der Waals surface area contributed by atoms with Crippen LogP contribution in [0.3, 0.4) is 0 Å². The Morgan fingerprint density at radius 1 is 1.20 bits per heavy atom. The highest BCUT2D eigenvalue weighted by molar-refractivity contribution is 7.99. The second-order valence-electron chi connectivity index (χ2n) is 4.91. The van der Waals surface area contributed by atoms with Crippen LogP contribution in [0.2, 0.25) is 0 Å². The van der Waals surface area contributed by atoms with Gasteiger partial charge in [0.15, 0.2) is 0 Å². The normalized spacial score (nSPS) is 31.4. The lowest BCUT2D eigenvalue weighted by molar-refractivity contribution is 0.0738. The van der Waals surface area contributed by atoms with Crippen molar-refractivity contribution in [2.75, 3.05) is 31.1 Å². The number of rotatable bonds is 3. The van der Waals surface area contributed by atoms with E-state index >= 15 is 0 Å². The fraction of sp³-hybridized carbons (Fsp3) is 1.00. The van der Waals surface area contributed by atoms with Gasteiger partial charge in [0.25, 0.3) is 0 Å². The van der Waals surface area contributed by atoms with Crippen molar-refractivity contribution in [2.24, 2.45) is 5.92 Å². The van der Waals surface area contributed by atoms with Crippen molar-refractivity contribution in [3.63, 3.8) is 0 Å². The molecule has 2 aliphatic rings. The summed E-state index contributed by atoms with van der Waals surface area (Å²) in [5, 5.41) is 10.1. The average Bonchev–Trinajstić information content (AvgIpc) is 2.65. The SMILES string of the molecule is OC(CN1CCCCCC1)C1CCSC1. The number of aliphatic hydroxyl groups is 1. The number of β-amino-alcohol motifs (C(OH)–C–C–N with tert-alkyl or cyclic N) is 1. The van der Waals surface area contributed by atoms with Crippen molar-refractivity contribution in [1.29, 1.82) is 0 Å². The van der Waals surface area contributed by atoms with E-state index in [4.69, 9.17) is 0 Å². The zero-order chi connectivity index (χ0) is 10.5. The molecule has 2 heterocycles. The summed E-state index contributed by atoms with van der Waals surface area (Å²) in [5.74, 6) is 3.00. The van der Waals surface area contributed by atoms with E-state index in [1.165, 1.54) is 56.7 Å². The molecule has 3 heteroatoms. The molecule has 0 aliphatic carbocycles. The fourth-order valence-electron chi connectivity index (χ4n) is 2.59. The van der Waals surface area contributed by atoms with Crippen molar-refractivity contribution >= 4 is 11.8 Å². The van der Waals surface area contributed by atoms with Gasteiger partial charge in [-0.3, -0.25) is 0 Å². The van der Waals surface area contributed by atoms with Crippen molar-refractivity contribution in [3.8, 4) is 0 Å². The van der Waals surface area contributed by atoms with Gasteiger partial charge in [0.1, 0.15) is 0 Å². The molecule has 2 rings (SSSR count). The van der Waals surface area contributed by atoms with Crippen LogP contribution in [0.5, 0.6) is 0 Å². The minimum absolute atomic E-state index is 0.0712. The lowest BCUT2D eigenvalue weighted by Crippen LogP contribution is -2.37. The molecule has 0 aromatic carbocycles. The Morgan fingerprint density at radius 2 is 1.93 bits per heavy atom. The lowest BCUT2D eigenvalue weighted by atomic mass is 10.0. The standard InChI is InChI=1S/C12H23NOS/c14-12(11-5-8-15-10-11)9-13-6-3-1-2-4-7-13/h11-12,14H,1-10H2. The van der Waals surface area contributed by atoms with E-state index in [9.17, 15) is 5.11 Å². The Balaban J connectivity index is 1.73. The number of hydrogen-bond donors (Lipinski definition) is 1. The summed E-state index contributed by atoms with van der Waals surface area (Å²) in [6, 6.07) is 0. The van der Waals surface area contributed by atoms with E-state index in [0.717, 1.165) is 6.54 Å². The van der Waals surface area contributed by atoms with Crippen LogP contribution in [0.25, 0.3) is 0 Å². The smallest absolute Gasteiger partial charge is 0.0703 e. The molecular weight excluding hydrogens is 206 g/mol. The van der Waals surface area contributed by atoms with Gasteiger partial charge < -0.3 is 10.0 Å². The molecule has 0 bridgehead atoms. The van der Waals surface area contributed by atoms with Crippen LogP contribution in [-0.2, 0) is 0 Å². The third-order valence-electron chi connectivity index (χ3n) is 3.65. The first-order valence-electron chi connectivity index (χ1n) is 6.34. The van der Waals surface area contributed by atoms with Gasteiger partial charge in [-0.2, -0.15) is 11.8 Å². The minimum atomic E-state index is -0.0712. The topological polar surface area (TPSA) is 23.5 Å². The summed E-state index contributed by atoms with van der Waals surface area (Å²) in [6.45, 7) is 3.33. The highest BCUT2D eigenvalue weighted by Crippen LogP contribution is 2.26. The fourth-order valence-corrected chi connectivity index (χ4v) is 3.92. The number of likely N-dealkylation sites (tertiary alicyclic amines) is 1. The van der Waals surface area contributed by atoms with E-state index in [1.54, 1.807) is 0 Å². The van der Waals surface area contributed by atoms with Crippen molar-refractivity contribution < 1.29 is 5.11 Å². The van der Waals surface area contributed by atoms with Crippen LogP contribution in [0.15, 0.2) is 0 Å². The highest BCUT2D eigenvalue weighted by Gasteiger charge is 2.25. The first-order chi connectivity index (χ1) is 7.36. The van der Waals surface area contributed by atoms with E-state index in [0.29, 0.717) is 5.92 Å². The van der Waals surface area contributed by atoms with Crippen molar-refractivity contribution in [1.82, 2.24) is 4.90 Å². The quantitative estimate of drug-likeness (QED) is 0.800. The first kappa shape index (κ1) is 11.7. The molecule has 0 aromatic rings. The monoisotopic (exact) mass is 229 g/mol. The van der Waals surface area contributed by atoms with Crippen LogP contribution in [-0.4, -0.2) is 47.3 Å². The summed E-state index contributed by atoms with van der Waals surface area (Å²) in [4.78, 5) is 2.47. The third-order valence-corrected chi connectivity index (χ3v) is 4.84. The van der Waals surface area contributed by atoms with Crippen LogP contribution >= 0.6 is 11.8 Å². The second kappa shape index (κ2) is 6.12. The molecule has 0 spiro atoms. The molecule has 2 atom stereocenters. The van der Waals surface area contributed by atoms with Gasteiger partial charge in [0, 0.05) is 6.54 Å². The van der Waals surface area contributed by atoms with Gasteiger partial charge in [0.05, 0.1) is 6.10 Å². The number of thioether (sulfide) groups is 1. The highest BCUT2D eigenvalue weighted by atomic mass is 32.2. The summed E-state index contributed by atoms with van der Waals surface area (Å²) in [5.41, 5.74) is 0. The first-order valence-corrected chi connectivity index (χ1v) is 7.50. The Kier molecular flexibility index (Phi) is 4.79. The van der Waals surface area contributed by atoms with E-state index < -0.39 is 0 Å². The second-order valence-corrected chi connectivity index (χ2v) is 6.06. The Labute approximate surface area is 97.4 Å². The predicted molar refractivity (Wildman–Crippen MR) is 66.3 cm³/mol. The Hall–Kier alpha value is 0.270. The van der Waals surface area contributed by atoms with Crippen molar-refractivity contribution in [2.45, 2.75) is 38.2 Å². The molecule has 1 N–H and O–H groups in total. The summed E-state index contributed by atoms with van der Waals surface area (Å²) in [6.07, 6.45) is 6.56. The molecule has 2 saturated heterocycles. The van der Waals surface area contributed by atoms with Crippen LogP contribution in [0.1, 0.15) is 32.1 Å². The maximum absolute atomic E-state index is 10.1. The van der Waals surface area contributed by atoms with Gasteiger partial charge in [-0.1, -0.05) is 12.8 Å². The molecule has 0 radical (unpaired) electrons. The van der Waals surface area contributed by atoms with Gasteiger partial charge in [-0.15, -0.1) is 0 Å². The number of hydrogen-bond acceptors (Lipinski definition) is 3. The molecule has 2 aliphatic heterocycles. The number of aliphatic hydroxyl groups excluding tert-OH is 1. The molecule has 0 aromatic heterocycles. The van der Waals surface area contributed by atoms with Crippen LogP contribution in [0, 0.1) is 5.92 Å². The van der Waals surface area contributed by atoms with Crippen LogP contribution < -0.4 is 0 Å². The molecule has 2 unspecified atom stereocenters. The lowest BCUT2D eigenvalue weighted by Gasteiger charge is -2.26. The predicted octanol–water partition coefficient (Wildman–Crippen LogP) is 1.98. The van der Waals surface area contributed by atoms with E-state index in [2.05, 4.69) is 4.90 Å². The van der Waals surface area contributed by atoms with E-state index in [-0.39, 0.29) is 6.10 Å². The minimum Gasteiger partial charge on any atom is -0.391 e. The van der Waals surface area contributed by atoms with Crippen molar-refractivity contribution in [3.05, 3.63) is 0 Å². The van der Waals surface area contributed by atoms with Gasteiger partial charge in [0.2, 0.25) is 0 Å². The summed E-state index contributed by atoms with van der Waals surface area (Å²) >= 11 is 2.00. The Morgan fingerprint density at radius 3 is 2.53 bits per heavy atom. The largest absolute Gasteiger partial charge is 0.391 e. The molecule has 2 fully saturated rings. The zero-order valence-corrected chi connectivity index (χ0v) is 10.3. The maximum atomic E-state index is 10.1. The summed E-state index contributed by atoms with van der Waals surface area (Å²) < 4.78 is 0. The van der Waals surface area contributed by atoms with E-state index in [1.807, 2.05) is 11.8 Å². The van der Waals surface area contributed by atoms with Gasteiger partial charge in [-0.25, -0.2) is 0 Å². The summed E-state index contributed by atoms with van der Waals surface area (Å²) in [7, 11) is 0. The van der Waals surface area contributed by atoms with Crippen LogP contribution in [0.4, 0.5) is 0 Å². The third kappa shape index (κ3) is 3.65. The number of nitrogens with zero attached hydrogens (tertiary/aromatic N) is 1. The molecule has 0 amide bonds. The molecule has 0 saturated carbocycles.